The number of nitrogens with two attached hydrogens (primary N) is 2. The molecular formula is C26H25Cl2N10O2+. The van der Waals surface area contributed by atoms with E-state index in [0.29, 0.717) is 35.1 Å². The highest BCUT2D eigenvalue weighted by Gasteiger charge is 2.17. The van der Waals surface area contributed by atoms with Crippen molar-refractivity contribution in [2.75, 3.05) is 25.7 Å². The molecule has 12 nitrogen and oxygen atoms in total. The van der Waals surface area contributed by atoms with Gasteiger partial charge in [0.15, 0.2) is 16.0 Å². The smallest absolute Gasteiger partial charge is 0.272 e. The van der Waals surface area contributed by atoms with Gasteiger partial charge < -0.3 is 25.5 Å². The second-order valence-electron chi connectivity index (χ2n) is 8.58. The highest BCUT2D eigenvalue weighted by Crippen LogP contribution is 2.21. The fraction of sp³-hybridized carbons (Fsp3) is 0.154. The summed E-state index contributed by atoms with van der Waals surface area (Å²) in [4.78, 5) is 23.4. The van der Waals surface area contributed by atoms with E-state index in [-0.39, 0.29) is 17.0 Å². The zero-order valence-electron chi connectivity index (χ0n) is 21.5. The first-order valence-electron chi connectivity index (χ1n) is 11.9. The number of H-pyrrole nitrogens is 1. The molecular weight excluding hydrogens is 555 g/mol. The number of nitrogens with zero attached hydrogens (tertiary/aromatic N) is 7. The van der Waals surface area contributed by atoms with Crippen molar-refractivity contribution < 1.29 is 14.0 Å². The molecule has 2 aromatic carbocycles. The summed E-state index contributed by atoms with van der Waals surface area (Å²) in [5.41, 5.74) is 15.9. The van der Waals surface area contributed by atoms with Crippen LogP contribution >= 0.6 is 23.2 Å². The average Bonchev–Trinajstić information content (AvgIpc) is 3.54. The summed E-state index contributed by atoms with van der Waals surface area (Å²) >= 11 is 12.1. The van der Waals surface area contributed by atoms with Crippen LogP contribution in [0.15, 0.2) is 61.2 Å². The second kappa shape index (κ2) is 11.6. The van der Waals surface area contributed by atoms with Crippen molar-refractivity contribution in [1.29, 1.82) is 0 Å². The van der Waals surface area contributed by atoms with Crippen molar-refractivity contribution in [3.8, 4) is 11.5 Å². The van der Waals surface area contributed by atoms with Gasteiger partial charge in [0.1, 0.15) is 23.6 Å². The monoisotopic (exact) mass is 579 g/mol. The van der Waals surface area contributed by atoms with Crippen LogP contribution in [0.25, 0.3) is 22.3 Å². The van der Waals surface area contributed by atoms with Gasteiger partial charge in [-0.15, -0.1) is 0 Å². The largest absolute Gasteiger partial charge is 0.497 e. The molecule has 0 radical (unpaired) electrons. The predicted molar refractivity (Wildman–Crippen MR) is 152 cm³/mol. The molecule has 0 bridgehead atoms. The summed E-state index contributed by atoms with van der Waals surface area (Å²) in [6, 6.07) is 15.6. The van der Waals surface area contributed by atoms with Gasteiger partial charge in [-0.2, -0.15) is 19.9 Å². The molecule has 0 fully saturated rings. The quantitative estimate of drug-likeness (QED) is 0.197. The Bertz CT molecular complexity index is 1770. The normalized spacial score (nSPS) is 10.9. The van der Waals surface area contributed by atoms with E-state index < -0.39 is 0 Å². The second-order valence-corrected chi connectivity index (χ2v) is 9.30. The Kier molecular flexibility index (Phi) is 7.80. The number of hydrogen-bond acceptors (Lipinski definition) is 9. The summed E-state index contributed by atoms with van der Waals surface area (Å²) in [6.07, 6.45) is 3.48. The van der Waals surface area contributed by atoms with Crippen molar-refractivity contribution in [2.45, 2.75) is 13.1 Å². The molecule has 14 heteroatoms. The van der Waals surface area contributed by atoms with Crippen LogP contribution in [-0.2, 0) is 13.1 Å². The van der Waals surface area contributed by atoms with Crippen LogP contribution < -0.4 is 25.5 Å². The molecule has 0 spiro atoms. The molecule has 0 aliphatic carbocycles. The first-order valence-corrected chi connectivity index (χ1v) is 12.7. The van der Waals surface area contributed by atoms with Crippen LogP contribution in [0.1, 0.15) is 11.1 Å². The Morgan fingerprint density at radius 3 is 2.08 bits per heavy atom. The van der Waals surface area contributed by atoms with Gasteiger partial charge >= 0.3 is 0 Å². The third-order valence-electron chi connectivity index (χ3n) is 5.97. The Hall–Kier alpha value is -4.68. The molecule has 204 valence electrons. The number of methoxy groups -OCH3 is 2. The minimum absolute atomic E-state index is 0.138. The molecule has 5 N–H and O–H groups in total. The van der Waals surface area contributed by atoms with Crippen LogP contribution in [-0.4, -0.2) is 48.7 Å². The number of fused-ring (bicyclic) bond motifs is 2. The fourth-order valence-corrected chi connectivity index (χ4v) is 4.53. The van der Waals surface area contributed by atoms with Crippen LogP contribution in [0, 0.1) is 0 Å². The van der Waals surface area contributed by atoms with Gasteiger partial charge in [-0.25, -0.2) is 14.5 Å². The summed E-state index contributed by atoms with van der Waals surface area (Å²) in [5.74, 6) is 1.94. The highest BCUT2D eigenvalue weighted by molar-refractivity contribution is 6.33. The van der Waals surface area contributed by atoms with Gasteiger partial charge in [0.05, 0.1) is 27.1 Å². The van der Waals surface area contributed by atoms with Crippen LogP contribution in [0.3, 0.4) is 0 Å². The number of hydrogen-bond donors (Lipinski definition) is 3. The number of nitrogens with one attached hydrogen (secondary N) is 1. The lowest BCUT2D eigenvalue weighted by molar-refractivity contribution is -0.662. The molecule has 0 saturated carbocycles. The van der Waals surface area contributed by atoms with E-state index in [9.17, 15) is 0 Å². The Balaban J connectivity index is 0.000000161. The topological polar surface area (TPSA) is 160 Å². The molecule has 0 amide bonds. The number of rotatable bonds is 6. The average molecular weight is 580 g/mol. The third kappa shape index (κ3) is 5.82. The number of halogens is 2. The van der Waals surface area contributed by atoms with Crippen molar-refractivity contribution in [1.82, 2.24) is 34.5 Å². The standard InChI is InChI=1S/2C13H12ClN5O/c1-20-9-4-2-8(3-5-9)6-19-7-16-12-10(19)11(14)17-13(15)18-12;1-20-9-4-2-8(3-5-9)6-19-7-16-10-11(14)17-13(15)18-12(10)19/h2*2-5,7H,6H2,1H3,(H2,15,17,18)/p+1. The van der Waals surface area contributed by atoms with E-state index in [4.69, 9.17) is 44.1 Å². The molecule has 0 atom stereocenters. The molecule has 0 aliphatic heterocycles. The van der Waals surface area contributed by atoms with Crippen LogP contribution in [0.4, 0.5) is 11.9 Å². The molecule has 0 aliphatic rings. The lowest BCUT2D eigenvalue weighted by atomic mass is 10.2. The lowest BCUT2D eigenvalue weighted by Gasteiger charge is -2.05. The Morgan fingerprint density at radius 2 is 1.43 bits per heavy atom. The first kappa shape index (κ1) is 26.9. The first-order chi connectivity index (χ1) is 19.3. The van der Waals surface area contributed by atoms with Gasteiger partial charge in [-0.1, -0.05) is 47.5 Å². The van der Waals surface area contributed by atoms with E-state index >= 15 is 0 Å². The van der Waals surface area contributed by atoms with Gasteiger partial charge in [0, 0.05) is 0 Å². The molecule has 6 rings (SSSR count). The number of ether oxygens (including phenoxy) is 2. The highest BCUT2D eigenvalue weighted by atomic mass is 35.5. The zero-order chi connectivity index (χ0) is 28.2. The van der Waals surface area contributed by atoms with Gasteiger partial charge in [-0.05, 0) is 35.4 Å². The van der Waals surface area contributed by atoms with Crippen molar-refractivity contribution >= 4 is 57.4 Å². The molecule has 6 aromatic rings. The number of imidazole rings is 2. The van der Waals surface area contributed by atoms with Gasteiger partial charge in [0.25, 0.3) is 5.65 Å². The van der Waals surface area contributed by atoms with Crippen molar-refractivity contribution in [3.05, 3.63) is 82.6 Å². The third-order valence-corrected chi connectivity index (χ3v) is 6.49. The van der Waals surface area contributed by atoms with Crippen molar-refractivity contribution in [2.24, 2.45) is 0 Å². The Labute approximate surface area is 238 Å². The molecule has 0 saturated heterocycles. The van der Waals surface area contributed by atoms with Crippen LogP contribution in [0.2, 0.25) is 10.3 Å². The van der Waals surface area contributed by atoms with E-state index in [0.717, 1.165) is 28.1 Å². The number of aromatic nitrogens is 8. The minimum atomic E-state index is 0.138. The molecule has 40 heavy (non-hydrogen) atoms. The maximum Gasteiger partial charge on any atom is 0.272 e. The number of aromatic amines is 1. The van der Waals surface area contributed by atoms with E-state index in [1.54, 1.807) is 26.9 Å². The molecule has 4 aromatic heterocycles. The van der Waals surface area contributed by atoms with E-state index in [1.807, 2.05) is 57.7 Å². The number of anilines is 2. The summed E-state index contributed by atoms with van der Waals surface area (Å²) in [5, 5.41) is 0.600. The molecule has 0 unspecified atom stereocenters. The maximum absolute atomic E-state index is 6.13. The predicted octanol–water partition coefficient (Wildman–Crippen LogP) is 3.66. The van der Waals surface area contributed by atoms with Gasteiger partial charge in [0.2, 0.25) is 23.7 Å². The maximum atomic E-state index is 6.13. The van der Waals surface area contributed by atoms with Gasteiger partial charge in [-0.3, -0.25) is 0 Å². The lowest BCUT2D eigenvalue weighted by Crippen LogP contribution is -2.32. The SMILES string of the molecule is COc1ccc(C[n+]2c[nH]c3nc(N)nc(Cl)c32)cc1.COc1ccc(Cn2cnc3c(Cl)nc(N)nc32)cc1. The summed E-state index contributed by atoms with van der Waals surface area (Å²) in [7, 11) is 3.28. The van der Waals surface area contributed by atoms with Crippen molar-refractivity contribution in [3.63, 3.8) is 0 Å². The van der Waals surface area contributed by atoms with E-state index in [1.165, 1.54) is 0 Å². The van der Waals surface area contributed by atoms with E-state index in [2.05, 4.69) is 29.9 Å². The zero-order valence-corrected chi connectivity index (χ0v) is 23.1. The fourth-order valence-electron chi connectivity index (χ4n) is 4.02. The summed E-state index contributed by atoms with van der Waals surface area (Å²) in [6.45, 7) is 1.27. The Morgan fingerprint density at radius 1 is 0.825 bits per heavy atom. The number of nitrogen functional groups attached to an aromatic ring is 2. The number of benzene rings is 2. The van der Waals surface area contributed by atoms with Crippen LogP contribution in [0.5, 0.6) is 11.5 Å². The summed E-state index contributed by atoms with van der Waals surface area (Å²) < 4.78 is 14.1. The minimum Gasteiger partial charge on any atom is -0.497 e. The molecule has 4 heterocycles.